The highest BCUT2D eigenvalue weighted by Crippen LogP contribution is 2.23. The summed E-state index contributed by atoms with van der Waals surface area (Å²) in [5, 5.41) is 7.35. The van der Waals surface area contributed by atoms with Crippen LogP contribution < -0.4 is 10.9 Å². The third kappa shape index (κ3) is 4.62. The number of aromatic nitrogens is 3. The minimum atomic E-state index is -3.69. The number of sulfonamides is 1. The van der Waals surface area contributed by atoms with Crippen LogP contribution in [0, 0.1) is 20.8 Å². The lowest BCUT2D eigenvalue weighted by Gasteiger charge is -2.16. The van der Waals surface area contributed by atoms with Gasteiger partial charge in [0, 0.05) is 25.4 Å². The lowest BCUT2D eigenvalue weighted by atomic mass is 10.2. The molecule has 1 saturated heterocycles. The number of benzene rings is 1. The Kier molecular flexibility index (Phi) is 6.22. The first kappa shape index (κ1) is 22.9. The third-order valence-electron chi connectivity index (χ3n) is 5.81. The molecule has 33 heavy (non-hydrogen) atoms. The van der Waals surface area contributed by atoms with E-state index in [4.69, 9.17) is 0 Å². The number of rotatable bonds is 6. The topological polar surface area (TPSA) is 106 Å². The van der Waals surface area contributed by atoms with Crippen molar-refractivity contribution < 1.29 is 13.2 Å². The highest BCUT2D eigenvalue weighted by molar-refractivity contribution is 7.89. The van der Waals surface area contributed by atoms with Gasteiger partial charge in [-0.25, -0.2) is 13.1 Å². The van der Waals surface area contributed by atoms with Crippen LogP contribution in [-0.4, -0.2) is 46.1 Å². The number of hydrogen-bond donors (Lipinski definition) is 1. The molecule has 9 nitrogen and oxygen atoms in total. The second-order valence-corrected chi connectivity index (χ2v) is 10.2. The van der Waals surface area contributed by atoms with E-state index < -0.39 is 21.5 Å². The van der Waals surface area contributed by atoms with Gasteiger partial charge in [-0.1, -0.05) is 17.7 Å². The predicted octanol–water partition coefficient (Wildman–Crippen LogP) is 2.38. The standard InChI is InChI=1S/C23H27N5O4S/c1-16-6-8-19(9-7-16)28-18(3)23(17(2)25-28)24-21(29)15-26-14-20(10-11-22(26)30)33(31,32)27-12-4-5-13-27/h6-11,14H,4-5,12-13,15H2,1-3H3,(H,24,29). The lowest BCUT2D eigenvalue weighted by Crippen LogP contribution is -2.31. The molecule has 2 aromatic heterocycles. The Morgan fingerprint density at radius 2 is 1.70 bits per heavy atom. The van der Waals surface area contributed by atoms with Crippen LogP contribution in [0.2, 0.25) is 0 Å². The quantitative estimate of drug-likeness (QED) is 0.597. The molecule has 0 spiro atoms. The number of pyridine rings is 1. The first-order chi connectivity index (χ1) is 15.7. The van der Waals surface area contributed by atoms with Gasteiger partial charge in [-0.3, -0.25) is 9.59 Å². The highest BCUT2D eigenvalue weighted by Gasteiger charge is 2.28. The van der Waals surface area contributed by atoms with E-state index in [0.717, 1.165) is 34.4 Å². The molecule has 0 saturated carbocycles. The number of hydrogen-bond acceptors (Lipinski definition) is 5. The summed E-state index contributed by atoms with van der Waals surface area (Å²) in [6.45, 7) is 6.27. The van der Waals surface area contributed by atoms with Crippen molar-refractivity contribution in [1.29, 1.82) is 0 Å². The zero-order valence-electron chi connectivity index (χ0n) is 18.9. The summed E-state index contributed by atoms with van der Waals surface area (Å²) in [5.41, 5.74) is 3.51. The molecule has 1 aromatic carbocycles. The average molecular weight is 470 g/mol. The summed E-state index contributed by atoms with van der Waals surface area (Å²) in [6, 6.07) is 10.4. The van der Waals surface area contributed by atoms with E-state index in [-0.39, 0.29) is 11.4 Å². The van der Waals surface area contributed by atoms with E-state index in [1.165, 1.54) is 22.6 Å². The van der Waals surface area contributed by atoms with Crippen molar-refractivity contribution in [1.82, 2.24) is 18.7 Å². The molecule has 0 atom stereocenters. The number of nitrogens with zero attached hydrogens (tertiary/aromatic N) is 4. The van der Waals surface area contributed by atoms with Gasteiger partial charge in [-0.05, 0) is 51.8 Å². The Hall–Kier alpha value is -3.24. The van der Waals surface area contributed by atoms with Crippen molar-refractivity contribution in [3.8, 4) is 5.69 Å². The van der Waals surface area contributed by atoms with Crippen LogP contribution in [0.5, 0.6) is 0 Å². The van der Waals surface area contributed by atoms with Crippen LogP contribution in [0.1, 0.15) is 29.8 Å². The average Bonchev–Trinajstić information content (AvgIpc) is 3.41. The Labute approximate surface area is 192 Å². The van der Waals surface area contributed by atoms with E-state index in [0.29, 0.717) is 24.5 Å². The van der Waals surface area contributed by atoms with Gasteiger partial charge < -0.3 is 9.88 Å². The number of carbonyl (C=O) groups is 1. The maximum Gasteiger partial charge on any atom is 0.251 e. The molecular formula is C23H27N5O4S. The molecular weight excluding hydrogens is 442 g/mol. The maximum atomic E-state index is 12.8. The van der Waals surface area contributed by atoms with Crippen molar-refractivity contribution in [2.45, 2.75) is 45.1 Å². The molecule has 3 aromatic rings. The molecule has 0 radical (unpaired) electrons. The summed E-state index contributed by atoms with van der Waals surface area (Å²) in [6.07, 6.45) is 2.87. The van der Waals surface area contributed by atoms with Gasteiger partial charge >= 0.3 is 0 Å². The minimum Gasteiger partial charge on any atom is -0.321 e. The Morgan fingerprint density at radius 3 is 2.36 bits per heavy atom. The van der Waals surface area contributed by atoms with Gasteiger partial charge in [0.25, 0.3) is 5.56 Å². The molecule has 0 aliphatic carbocycles. The summed E-state index contributed by atoms with van der Waals surface area (Å²) in [5.74, 6) is -0.442. The van der Waals surface area contributed by atoms with Crippen LogP contribution in [0.4, 0.5) is 5.69 Å². The van der Waals surface area contributed by atoms with Crippen LogP contribution in [0.15, 0.2) is 52.3 Å². The van der Waals surface area contributed by atoms with Gasteiger partial charge in [0.2, 0.25) is 15.9 Å². The van der Waals surface area contributed by atoms with Crippen molar-refractivity contribution in [2.75, 3.05) is 18.4 Å². The molecule has 4 rings (SSSR count). The first-order valence-electron chi connectivity index (χ1n) is 10.8. The van der Waals surface area contributed by atoms with Gasteiger partial charge in [0.1, 0.15) is 6.54 Å². The highest BCUT2D eigenvalue weighted by atomic mass is 32.2. The number of carbonyl (C=O) groups excluding carboxylic acids is 1. The van der Waals surface area contributed by atoms with Crippen molar-refractivity contribution in [3.63, 3.8) is 0 Å². The Morgan fingerprint density at radius 1 is 1.03 bits per heavy atom. The Bertz CT molecular complexity index is 1350. The molecule has 1 amide bonds. The van der Waals surface area contributed by atoms with Crippen LogP contribution in [0.3, 0.4) is 0 Å². The van der Waals surface area contributed by atoms with Crippen molar-refractivity contribution in [3.05, 3.63) is 69.9 Å². The molecule has 1 aliphatic heterocycles. The molecule has 10 heteroatoms. The van der Waals surface area contributed by atoms with E-state index in [1.54, 1.807) is 11.6 Å². The fourth-order valence-electron chi connectivity index (χ4n) is 3.96. The molecule has 1 aliphatic rings. The van der Waals surface area contributed by atoms with Crippen molar-refractivity contribution >= 4 is 21.6 Å². The van der Waals surface area contributed by atoms with Crippen LogP contribution >= 0.6 is 0 Å². The third-order valence-corrected chi connectivity index (χ3v) is 7.69. The van der Waals surface area contributed by atoms with Crippen LogP contribution in [0.25, 0.3) is 5.69 Å². The largest absolute Gasteiger partial charge is 0.321 e. The molecule has 1 fully saturated rings. The summed E-state index contributed by atoms with van der Waals surface area (Å²) in [7, 11) is -3.69. The normalized spacial score (nSPS) is 14.5. The second kappa shape index (κ2) is 8.95. The maximum absolute atomic E-state index is 12.8. The smallest absolute Gasteiger partial charge is 0.251 e. The number of amides is 1. The molecule has 3 heterocycles. The van der Waals surface area contributed by atoms with Crippen LogP contribution in [-0.2, 0) is 21.4 Å². The van der Waals surface area contributed by atoms with Gasteiger partial charge in [-0.2, -0.15) is 9.40 Å². The van der Waals surface area contributed by atoms with E-state index >= 15 is 0 Å². The molecule has 0 bridgehead atoms. The second-order valence-electron chi connectivity index (χ2n) is 8.28. The molecule has 1 N–H and O–H groups in total. The Balaban J connectivity index is 1.55. The van der Waals surface area contributed by atoms with Gasteiger partial charge in [0.05, 0.1) is 27.7 Å². The summed E-state index contributed by atoms with van der Waals surface area (Å²) < 4.78 is 29.9. The summed E-state index contributed by atoms with van der Waals surface area (Å²) >= 11 is 0. The number of nitrogens with one attached hydrogen (secondary N) is 1. The monoisotopic (exact) mass is 469 g/mol. The fourth-order valence-corrected chi connectivity index (χ4v) is 5.50. The van der Waals surface area contributed by atoms with Gasteiger partial charge in [-0.15, -0.1) is 0 Å². The zero-order chi connectivity index (χ0) is 23.8. The van der Waals surface area contributed by atoms with E-state index in [1.807, 2.05) is 38.1 Å². The fraction of sp³-hybridized carbons (Fsp3) is 0.348. The molecule has 174 valence electrons. The molecule has 0 unspecified atom stereocenters. The van der Waals surface area contributed by atoms with Gasteiger partial charge in [0.15, 0.2) is 0 Å². The van der Waals surface area contributed by atoms with Crippen molar-refractivity contribution in [2.24, 2.45) is 0 Å². The summed E-state index contributed by atoms with van der Waals surface area (Å²) in [4.78, 5) is 25.1. The number of aryl methyl sites for hydroxylation is 2. The predicted molar refractivity (Wildman–Crippen MR) is 125 cm³/mol. The SMILES string of the molecule is Cc1ccc(-n2nc(C)c(NC(=O)Cn3cc(S(=O)(=O)N4CCCC4)ccc3=O)c2C)cc1. The lowest BCUT2D eigenvalue weighted by molar-refractivity contribution is -0.116. The first-order valence-corrected chi connectivity index (χ1v) is 12.2. The minimum absolute atomic E-state index is 0.0105. The number of anilines is 1. The van der Waals surface area contributed by atoms with E-state index in [9.17, 15) is 18.0 Å². The zero-order valence-corrected chi connectivity index (χ0v) is 19.7. The van der Waals surface area contributed by atoms with E-state index in [2.05, 4.69) is 10.4 Å².